The first-order valence-corrected chi connectivity index (χ1v) is 10.7. The van der Waals surface area contributed by atoms with Crippen molar-refractivity contribution in [2.24, 2.45) is 4.99 Å². The van der Waals surface area contributed by atoms with Gasteiger partial charge in [-0.15, -0.1) is 0 Å². The van der Waals surface area contributed by atoms with Gasteiger partial charge in [-0.2, -0.15) is 0 Å². The molecular weight excluding hydrogens is 396 g/mol. The number of allylic oxidation sites excluding steroid dienone is 2. The lowest BCUT2D eigenvalue weighted by atomic mass is 10.00. The second-order valence-electron chi connectivity index (χ2n) is 7.77. The van der Waals surface area contributed by atoms with E-state index in [0.29, 0.717) is 0 Å². The highest BCUT2D eigenvalue weighted by molar-refractivity contribution is 6.08. The van der Waals surface area contributed by atoms with E-state index in [2.05, 4.69) is 29.4 Å². The molecule has 0 spiro atoms. The highest BCUT2D eigenvalue weighted by atomic mass is 16.1. The Balaban J connectivity index is 1.69. The zero-order valence-corrected chi connectivity index (χ0v) is 18.4. The number of nitrogens with zero attached hydrogens (tertiary/aromatic N) is 2. The van der Waals surface area contributed by atoms with E-state index >= 15 is 0 Å². The number of nitrogens with one attached hydrogen (secondary N) is 2. The van der Waals surface area contributed by atoms with E-state index in [-0.39, 0.29) is 5.91 Å². The molecule has 0 fully saturated rings. The average Bonchev–Trinajstić information content (AvgIpc) is 2.79. The summed E-state index contributed by atoms with van der Waals surface area (Å²) in [5, 5.41) is 6.22. The molecule has 32 heavy (non-hydrogen) atoms. The smallest absolute Gasteiger partial charge is 0.221 e. The summed E-state index contributed by atoms with van der Waals surface area (Å²) in [7, 11) is 0. The number of benzene rings is 2. The van der Waals surface area contributed by atoms with Gasteiger partial charge >= 0.3 is 0 Å². The summed E-state index contributed by atoms with van der Waals surface area (Å²) in [6.07, 6.45) is 3.89. The van der Waals surface area contributed by atoms with E-state index in [1.165, 1.54) is 6.92 Å². The molecule has 0 saturated heterocycles. The van der Waals surface area contributed by atoms with Crippen molar-refractivity contribution in [1.29, 1.82) is 0 Å². The van der Waals surface area contributed by atoms with Crippen molar-refractivity contribution in [3.63, 3.8) is 0 Å². The molecule has 0 aliphatic carbocycles. The molecule has 2 aromatic carbocycles. The van der Waals surface area contributed by atoms with Gasteiger partial charge in [-0.25, -0.2) is 4.98 Å². The maximum absolute atomic E-state index is 11.6. The van der Waals surface area contributed by atoms with Crippen molar-refractivity contribution in [2.75, 3.05) is 10.6 Å². The lowest BCUT2D eigenvalue weighted by molar-refractivity contribution is -0.114. The fourth-order valence-electron chi connectivity index (χ4n) is 3.76. The topological polar surface area (TPSA) is 66.4 Å². The summed E-state index contributed by atoms with van der Waals surface area (Å²) in [6.45, 7) is 7.41. The number of rotatable bonds is 6. The van der Waals surface area contributed by atoms with Crippen molar-refractivity contribution in [1.82, 2.24) is 4.98 Å². The molecule has 3 aromatic rings. The Morgan fingerprint density at radius 2 is 1.50 bits per heavy atom. The van der Waals surface area contributed by atoms with Gasteiger partial charge in [0.25, 0.3) is 0 Å². The second-order valence-corrected chi connectivity index (χ2v) is 7.77. The number of para-hydroxylation sites is 2. The van der Waals surface area contributed by atoms with Crippen LogP contribution in [0.1, 0.15) is 37.9 Å². The first-order valence-electron chi connectivity index (χ1n) is 10.7. The normalized spacial score (nSPS) is 13.1. The van der Waals surface area contributed by atoms with Crippen molar-refractivity contribution < 1.29 is 4.79 Å². The van der Waals surface area contributed by atoms with Crippen molar-refractivity contribution in [3.8, 4) is 11.3 Å². The Labute approximate surface area is 188 Å². The zero-order chi connectivity index (χ0) is 22.5. The number of carbonyl (C=O) groups is 1. The van der Waals surface area contributed by atoms with Crippen molar-refractivity contribution in [3.05, 3.63) is 96.3 Å². The molecule has 5 heteroatoms. The molecular formula is C27H26N4O. The number of hydrogen-bond donors (Lipinski definition) is 2. The summed E-state index contributed by atoms with van der Waals surface area (Å²) in [4.78, 5) is 21.5. The lowest BCUT2D eigenvalue weighted by Crippen LogP contribution is -2.09. The highest BCUT2D eigenvalue weighted by Crippen LogP contribution is 2.30. The summed E-state index contributed by atoms with van der Waals surface area (Å²) in [5.74, 6) is -0.111. The number of hydrogen-bond acceptors (Lipinski definition) is 4. The maximum Gasteiger partial charge on any atom is 0.221 e. The Bertz CT molecular complexity index is 1240. The number of aromatic nitrogens is 1. The van der Waals surface area contributed by atoms with Crippen LogP contribution < -0.4 is 10.6 Å². The van der Waals surface area contributed by atoms with Crippen LogP contribution in [0.15, 0.2) is 90.1 Å². The number of pyridine rings is 1. The predicted molar refractivity (Wildman–Crippen MR) is 133 cm³/mol. The highest BCUT2D eigenvalue weighted by Gasteiger charge is 2.16. The van der Waals surface area contributed by atoms with Crippen LogP contribution in [0.4, 0.5) is 11.4 Å². The Kier molecular flexibility index (Phi) is 6.26. The third-order valence-electron chi connectivity index (χ3n) is 5.09. The van der Waals surface area contributed by atoms with Crippen LogP contribution in [0.2, 0.25) is 0 Å². The molecule has 0 unspecified atom stereocenters. The first-order chi connectivity index (χ1) is 15.5. The maximum atomic E-state index is 11.6. The largest absolute Gasteiger partial charge is 0.359 e. The van der Waals surface area contributed by atoms with Crippen LogP contribution >= 0.6 is 0 Å². The van der Waals surface area contributed by atoms with E-state index in [9.17, 15) is 4.79 Å². The van der Waals surface area contributed by atoms with Gasteiger partial charge in [-0.05, 0) is 44.0 Å². The van der Waals surface area contributed by atoms with Gasteiger partial charge in [0.15, 0.2) is 0 Å². The first kappa shape index (κ1) is 21.2. The minimum Gasteiger partial charge on any atom is -0.359 e. The Morgan fingerprint density at radius 1 is 0.844 bits per heavy atom. The van der Waals surface area contributed by atoms with Crippen LogP contribution in [0.5, 0.6) is 0 Å². The summed E-state index contributed by atoms with van der Waals surface area (Å²) in [6, 6.07) is 21.7. The summed E-state index contributed by atoms with van der Waals surface area (Å²) >= 11 is 0. The van der Waals surface area contributed by atoms with Crippen LogP contribution in [0, 0.1) is 0 Å². The molecule has 4 rings (SSSR count). The van der Waals surface area contributed by atoms with Crippen molar-refractivity contribution >= 4 is 28.7 Å². The third kappa shape index (κ3) is 4.83. The van der Waals surface area contributed by atoms with Gasteiger partial charge in [-0.3, -0.25) is 9.79 Å². The fraction of sp³-hybridized carbons (Fsp3) is 0.148. The monoisotopic (exact) mass is 422 g/mol. The summed E-state index contributed by atoms with van der Waals surface area (Å²) < 4.78 is 0. The standard InChI is InChI=1S/C27H26N4O/c1-18(2)28-22-12-6-4-10-20(22)24-14-8-16-26(30-24)27-17-9-15-25(31-27)21-11-5-7-13-23(21)29-19(3)32/h4-7,9-13,15-17,28H,1,8,14H2,2-3H3,(H,29,32). The van der Waals surface area contributed by atoms with Crippen LogP contribution in [0.25, 0.3) is 17.0 Å². The zero-order valence-electron chi connectivity index (χ0n) is 18.4. The number of carbonyl (C=O) groups excluding carboxylic acids is 1. The number of aliphatic imine (C=N–C) groups is 1. The average molecular weight is 423 g/mol. The molecule has 1 aromatic heterocycles. The molecule has 2 heterocycles. The van der Waals surface area contributed by atoms with E-state index < -0.39 is 0 Å². The molecule has 1 amide bonds. The molecule has 0 bridgehead atoms. The molecule has 0 radical (unpaired) electrons. The lowest BCUT2D eigenvalue weighted by Gasteiger charge is -2.17. The Hall–Kier alpha value is -3.99. The number of amides is 1. The molecule has 0 saturated carbocycles. The van der Waals surface area contributed by atoms with E-state index in [4.69, 9.17) is 9.98 Å². The van der Waals surface area contributed by atoms with Crippen LogP contribution in [0.3, 0.4) is 0 Å². The third-order valence-corrected chi connectivity index (χ3v) is 5.09. The summed E-state index contributed by atoms with van der Waals surface area (Å²) in [5.41, 5.74) is 8.07. The van der Waals surface area contributed by atoms with Crippen LogP contribution in [-0.4, -0.2) is 16.6 Å². The second kappa shape index (κ2) is 9.43. The fourth-order valence-corrected chi connectivity index (χ4v) is 3.76. The molecule has 0 atom stereocenters. The molecule has 5 nitrogen and oxygen atoms in total. The van der Waals surface area contributed by atoms with E-state index in [0.717, 1.165) is 63.8 Å². The van der Waals surface area contributed by atoms with Crippen LogP contribution in [-0.2, 0) is 4.79 Å². The molecule has 1 aliphatic heterocycles. The predicted octanol–water partition coefficient (Wildman–Crippen LogP) is 6.28. The van der Waals surface area contributed by atoms with Gasteiger partial charge in [0, 0.05) is 29.4 Å². The SMILES string of the molecule is C=C(C)Nc1ccccc1C1=NC(c2cccc(-c3ccccc3NC(C)=O)n2)=CCC1. The van der Waals surface area contributed by atoms with E-state index in [1.54, 1.807) is 0 Å². The van der Waals surface area contributed by atoms with Gasteiger partial charge in [0.1, 0.15) is 0 Å². The molecule has 1 aliphatic rings. The van der Waals surface area contributed by atoms with Gasteiger partial charge in [-0.1, -0.05) is 55.1 Å². The number of anilines is 2. The molecule has 2 N–H and O–H groups in total. The van der Waals surface area contributed by atoms with Gasteiger partial charge in [0.2, 0.25) is 5.91 Å². The van der Waals surface area contributed by atoms with Crippen molar-refractivity contribution in [2.45, 2.75) is 26.7 Å². The minimum atomic E-state index is -0.111. The minimum absolute atomic E-state index is 0.111. The van der Waals surface area contributed by atoms with Gasteiger partial charge in [0.05, 0.1) is 28.5 Å². The molecule has 160 valence electrons. The van der Waals surface area contributed by atoms with Gasteiger partial charge < -0.3 is 10.6 Å². The quantitative estimate of drug-likeness (QED) is 0.491. The Morgan fingerprint density at radius 3 is 2.22 bits per heavy atom. The van der Waals surface area contributed by atoms with E-state index in [1.807, 2.05) is 67.6 Å².